The van der Waals surface area contributed by atoms with Crippen LogP contribution in [0.15, 0.2) is 140 Å². The van der Waals surface area contributed by atoms with Gasteiger partial charge in [0.1, 0.15) is 11.2 Å². The normalized spacial score (nSPS) is 12.4. The fourth-order valence-corrected chi connectivity index (χ4v) is 5.19. The zero-order valence-corrected chi connectivity index (χ0v) is 22.0. The van der Waals surface area contributed by atoms with Crippen LogP contribution < -0.4 is 11.5 Å². The molecule has 5 rings (SSSR count). The predicted octanol–water partition coefficient (Wildman–Crippen LogP) is 6.86. The predicted molar refractivity (Wildman–Crippen MR) is 161 cm³/mol. The van der Waals surface area contributed by atoms with E-state index < -0.39 is 5.54 Å². The van der Waals surface area contributed by atoms with Crippen molar-refractivity contribution in [3.05, 3.63) is 162 Å². The first-order chi connectivity index (χ1) is 19.1. The van der Waals surface area contributed by atoms with Crippen molar-refractivity contribution in [3.63, 3.8) is 0 Å². The molecular formula is C34H32N4O. The van der Waals surface area contributed by atoms with E-state index in [9.17, 15) is 0 Å². The number of benzene rings is 4. The number of anilines is 1. The minimum atomic E-state index is -0.787. The molecular weight excluding hydrogens is 480 g/mol. The van der Waals surface area contributed by atoms with E-state index in [2.05, 4.69) is 84.1 Å². The van der Waals surface area contributed by atoms with Gasteiger partial charge in [-0.2, -0.15) is 5.10 Å². The highest BCUT2D eigenvalue weighted by Crippen LogP contribution is 2.43. The molecule has 4 N–H and O–H groups in total. The average Bonchev–Trinajstić information content (AvgIpc) is 3.34. The van der Waals surface area contributed by atoms with Crippen molar-refractivity contribution in [1.82, 2.24) is 9.78 Å². The van der Waals surface area contributed by atoms with Gasteiger partial charge in [-0.05, 0) is 41.8 Å². The Bertz CT molecular complexity index is 1540. The molecule has 0 aliphatic carbocycles. The summed E-state index contributed by atoms with van der Waals surface area (Å²) in [5.74, 6) is 0.303. The van der Waals surface area contributed by atoms with Gasteiger partial charge in [0.25, 0.3) is 0 Å². The summed E-state index contributed by atoms with van der Waals surface area (Å²) in [4.78, 5) is 0. The molecule has 0 unspecified atom stereocenters. The van der Waals surface area contributed by atoms with Gasteiger partial charge in [0.2, 0.25) is 0 Å². The van der Waals surface area contributed by atoms with Gasteiger partial charge in [0.15, 0.2) is 5.88 Å². The second-order valence-corrected chi connectivity index (χ2v) is 9.18. The van der Waals surface area contributed by atoms with E-state index in [4.69, 9.17) is 21.3 Å². The van der Waals surface area contributed by atoms with Gasteiger partial charge in [-0.3, -0.25) is 0 Å². The summed E-state index contributed by atoms with van der Waals surface area (Å²) in [5, 5.41) is 6.25. The number of nitrogen functional groups attached to an aromatic ring is 1. The third-order valence-corrected chi connectivity index (χ3v) is 6.78. The number of aromatic nitrogens is 2. The average molecular weight is 513 g/mol. The van der Waals surface area contributed by atoms with Gasteiger partial charge >= 0.3 is 0 Å². The first kappa shape index (κ1) is 25.6. The highest BCUT2D eigenvalue weighted by atomic mass is 16.5. The Balaban J connectivity index is 1.94. The van der Waals surface area contributed by atoms with Crippen molar-refractivity contribution < 1.29 is 4.74 Å². The van der Waals surface area contributed by atoms with Crippen molar-refractivity contribution in [3.8, 4) is 0 Å². The Kier molecular flexibility index (Phi) is 7.32. The van der Waals surface area contributed by atoms with Crippen molar-refractivity contribution in [1.29, 1.82) is 0 Å². The summed E-state index contributed by atoms with van der Waals surface area (Å²) >= 11 is 0. The summed E-state index contributed by atoms with van der Waals surface area (Å²) in [5.41, 5.74) is 18.0. The monoisotopic (exact) mass is 512 g/mol. The van der Waals surface area contributed by atoms with E-state index >= 15 is 0 Å². The van der Waals surface area contributed by atoms with E-state index in [1.54, 1.807) is 12.2 Å². The summed E-state index contributed by atoms with van der Waals surface area (Å²) in [6, 6.07) is 37.3. The molecule has 5 heteroatoms. The number of rotatable bonds is 9. The van der Waals surface area contributed by atoms with Crippen LogP contribution in [0, 0.1) is 0 Å². The maximum absolute atomic E-state index is 6.33. The van der Waals surface area contributed by atoms with Gasteiger partial charge in [-0.25, -0.2) is 4.68 Å². The fraction of sp³-hybridized carbons (Fsp3) is 0.0882. The smallest absolute Gasteiger partial charge is 0.184 e. The fourth-order valence-electron chi connectivity index (χ4n) is 5.19. The van der Waals surface area contributed by atoms with Crippen LogP contribution in [-0.4, -0.2) is 16.4 Å². The Morgan fingerprint density at radius 3 is 1.90 bits per heavy atom. The zero-order valence-electron chi connectivity index (χ0n) is 22.0. The molecule has 39 heavy (non-hydrogen) atoms. The molecule has 5 nitrogen and oxygen atoms in total. The lowest BCUT2D eigenvalue weighted by Gasteiger charge is -2.37. The van der Waals surface area contributed by atoms with Crippen LogP contribution >= 0.6 is 0 Å². The first-order valence-corrected chi connectivity index (χ1v) is 13.0. The van der Waals surface area contributed by atoms with Crippen LogP contribution in [0.4, 0.5) is 5.69 Å². The van der Waals surface area contributed by atoms with Crippen LogP contribution in [0.1, 0.15) is 29.3 Å². The molecule has 1 heterocycles. The van der Waals surface area contributed by atoms with E-state index in [-0.39, 0.29) is 0 Å². The van der Waals surface area contributed by atoms with Gasteiger partial charge in [0.05, 0.1) is 12.1 Å². The van der Waals surface area contributed by atoms with Crippen LogP contribution in [0.2, 0.25) is 0 Å². The lowest BCUT2D eigenvalue weighted by Crippen LogP contribution is -2.38. The topological polar surface area (TPSA) is 79.1 Å². The highest BCUT2D eigenvalue weighted by Gasteiger charge is 2.41. The molecule has 0 fully saturated rings. The molecule has 4 aromatic carbocycles. The number of allylic oxidation sites excluding steroid dienone is 4. The van der Waals surface area contributed by atoms with E-state index in [1.165, 1.54) is 0 Å². The summed E-state index contributed by atoms with van der Waals surface area (Å²) in [6.07, 6.45) is 5.40. The summed E-state index contributed by atoms with van der Waals surface area (Å²) < 4.78 is 7.67. The molecule has 0 radical (unpaired) electrons. The molecule has 0 atom stereocenters. The Morgan fingerprint density at radius 2 is 1.41 bits per heavy atom. The van der Waals surface area contributed by atoms with E-state index in [0.717, 1.165) is 38.9 Å². The Labute approximate surface area is 229 Å². The van der Waals surface area contributed by atoms with E-state index in [1.807, 2.05) is 49.4 Å². The second-order valence-electron chi connectivity index (χ2n) is 9.18. The number of hydrogen-bond donors (Lipinski definition) is 2. The SMILES string of the molecule is C=C/C=C(\C=C(/N)OCC)c1nn(C(c2ccccc2)(c2ccccc2)c2ccccc2)c2ccc(N)cc12. The van der Waals surface area contributed by atoms with Crippen molar-refractivity contribution in [2.75, 3.05) is 12.3 Å². The third kappa shape index (κ3) is 4.71. The van der Waals surface area contributed by atoms with Crippen molar-refractivity contribution >= 4 is 22.2 Å². The van der Waals surface area contributed by atoms with Gasteiger partial charge in [-0.1, -0.05) is 110 Å². The number of nitrogens with two attached hydrogens (primary N) is 2. The number of nitrogens with zero attached hydrogens (tertiary/aromatic N) is 2. The molecule has 0 saturated carbocycles. The highest BCUT2D eigenvalue weighted by molar-refractivity contribution is 5.95. The third-order valence-electron chi connectivity index (χ3n) is 6.78. The van der Waals surface area contributed by atoms with Gasteiger partial charge < -0.3 is 16.2 Å². The Hall–Kier alpha value is -5.03. The molecule has 0 spiro atoms. The first-order valence-electron chi connectivity index (χ1n) is 13.0. The molecule has 5 aromatic rings. The molecule has 0 saturated heterocycles. The zero-order chi connectivity index (χ0) is 27.2. The largest absolute Gasteiger partial charge is 0.480 e. The lowest BCUT2D eigenvalue weighted by atomic mass is 9.77. The van der Waals surface area contributed by atoms with Gasteiger partial charge in [-0.15, -0.1) is 0 Å². The molecule has 0 aliphatic heterocycles. The summed E-state index contributed by atoms with van der Waals surface area (Å²) in [6.45, 7) is 6.29. The maximum Gasteiger partial charge on any atom is 0.184 e. The van der Waals surface area contributed by atoms with Crippen molar-refractivity contribution in [2.45, 2.75) is 12.5 Å². The molecule has 0 aliphatic rings. The minimum Gasteiger partial charge on any atom is -0.480 e. The standard InChI is InChI=1S/C34H32N4O/c1-3-14-25(23-32(36)39-4-2)33-30-24-29(35)21-22-31(30)38(37-33)34(26-15-8-5-9-16-26,27-17-10-6-11-18-27)28-19-12-7-13-20-28/h3,5-24H,1,4,35-36H2,2H3/b25-14+,32-23+. The van der Waals surface area contributed by atoms with Crippen molar-refractivity contribution in [2.24, 2.45) is 5.73 Å². The number of ether oxygens (including phenoxy) is 1. The number of fused-ring (bicyclic) bond motifs is 1. The quantitative estimate of drug-likeness (QED) is 0.0978. The second kappa shape index (κ2) is 11.2. The molecule has 1 aromatic heterocycles. The minimum absolute atomic E-state index is 0.303. The Morgan fingerprint density at radius 1 is 0.872 bits per heavy atom. The van der Waals surface area contributed by atoms with Crippen LogP contribution in [0.25, 0.3) is 16.5 Å². The lowest BCUT2D eigenvalue weighted by molar-refractivity contribution is 0.227. The molecule has 0 amide bonds. The van der Waals surface area contributed by atoms with Crippen LogP contribution in [-0.2, 0) is 10.3 Å². The van der Waals surface area contributed by atoms with E-state index in [0.29, 0.717) is 18.2 Å². The number of hydrogen-bond acceptors (Lipinski definition) is 4. The van der Waals surface area contributed by atoms with Gasteiger partial charge in [0, 0.05) is 22.7 Å². The molecule has 0 bridgehead atoms. The maximum atomic E-state index is 6.33. The van der Waals surface area contributed by atoms with Crippen LogP contribution in [0.5, 0.6) is 0 Å². The molecule has 194 valence electrons. The summed E-state index contributed by atoms with van der Waals surface area (Å²) in [7, 11) is 0. The van der Waals surface area contributed by atoms with Crippen LogP contribution in [0.3, 0.4) is 0 Å².